The van der Waals surface area contributed by atoms with Gasteiger partial charge in [-0.05, 0) is 12.1 Å². The van der Waals surface area contributed by atoms with Crippen molar-refractivity contribution in [1.29, 1.82) is 0 Å². The van der Waals surface area contributed by atoms with Gasteiger partial charge in [-0.15, -0.1) is 6.42 Å². The summed E-state index contributed by atoms with van der Waals surface area (Å²) >= 11 is 0. The average molecular weight is 148 g/mol. The highest BCUT2D eigenvalue weighted by molar-refractivity contribution is 5.30. The molecule has 0 aliphatic heterocycles. The van der Waals surface area contributed by atoms with Crippen LogP contribution in [0.15, 0.2) is 30.3 Å². The largest absolute Gasteiger partial charge is 0.388 e. The molecule has 1 heteroatoms. The van der Waals surface area contributed by atoms with Gasteiger partial charge in [0.2, 0.25) is 0 Å². The van der Waals surface area contributed by atoms with Crippen LogP contribution in [0.1, 0.15) is 5.56 Å². The Kier molecular flexibility index (Phi) is 6.07. The second kappa shape index (κ2) is 6.85. The summed E-state index contributed by atoms with van der Waals surface area (Å²) in [5.74, 6) is 2.53. The molecule has 0 fully saturated rings. The first-order valence-electron chi connectivity index (χ1n) is 3.27. The summed E-state index contributed by atoms with van der Waals surface area (Å²) in [5.41, 5.74) is 0.938. The maximum Gasteiger partial charge on any atom is 0.0351 e. The molecule has 0 aromatic heterocycles. The van der Waals surface area contributed by atoms with Crippen molar-refractivity contribution < 1.29 is 4.74 Å². The fraction of sp³-hybridized carbons (Fsp3) is 0.200. The Bertz CT molecular complexity index is 208. The van der Waals surface area contributed by atoms with E-state index in [2.05, 4.69) is 10.7 Å². The third-order valence-corrected chi connectivity index (χ3v) is 0.940. The molecule has 0 N–H and O–H groups in total. The van der Waals surface area contributed by atoms with E-state index in [4.69, 9.17) is 6.42 Å². The molecule has 0 aliphatic rings. The van der Waals surface area contributed by atoms with E-state index in [9.17, 15) is 0 Å². The van der Waals surface area contributed by atoms with E-state index in [0.29, 0.717) is 0 Å². The van der Waals surface area contributed by atoms with Crippen molar-refractivity contribution >= 4 is 0 Å². The Morgan fingerprint density at radius 3 is 1.91 bits per heavy atom. The lowest BCUT2D eigenvalue weighted by atomic mass is 10.2. The first-order chi connectivity index (χ1) is 5.35. The minimum Gasteiger partial charge on any atom is -0.388 e. The molecule has 0 aliphatic carbocycles. The molecule has 1 nitrogen and oxygen atoms in total. The van der Waals surface area contributed by atoms with Crippen LogP contribution in [0.4, 0.5) is 0 Å². The van der Waals surface area contributed by atoms with Crippen LogP contribution in [0.25, 0.3) is 0 Å². The van der Waals surface area contributed by atoms with Crippen LogP contribution >= 0.6 is 0 Å². The predicted molar refractivity (Wildman–Crippen MR) is 47.3 cm³/mol. The maximum absolute atomic E-state index is 5.10. The van der Waals surface area contributed by atoms with Crippen molar-refractivity contribution in [3.05, 3.63) is 35.9 Å². The Balaban J connectivity index is 0.000000292. The van der Waals surface area contributed by atoms with Crippen molar-refractivity contribution in [2.24, 2.45) is 0 Å². The van der Waals surface area contributed by atoms with E-state index in [1.165, 1.54) is 0 Å². The molecule has 0 unspecified atom stereocenters. The average Bonchev–Trinajstić information content (AvgIpc) is 2.08. The van der Waals surface area contributed by atoms with Crippen LogP contribution in [0.3, 0.4) is 0 Å². The van der Waals surface area contributed by atoms with E-state index in [-0.39, 0.29) is 0 Å². The number of ether oxygens (including phenoxy) is 1. The van der Waals surface area contributed by atoms with Crippen LogP contribution < -0.4 is 0 Å². The molecule has 0 radical (unpaired) electrons. The zero-order valence-electron chi connectivity index (χ0n) is 6.87. The third-order valence-electron chi connectivity index (χ3n) is 0.940. The monoisotopic (exact) mass is 148 g/mol. The molecule has 0 heterocycles. The molecule has 1 aromatic rings. The van der Waals surface area contributed by atoms with E-state index in [0.717, 1.165) is 5.56 Å². The zero-order valence-corrected chi connectivity index (χ0v) is 6.87. The summed E-state index contributed by atoms with van der Waals surface area (Å²) in [5, 5.41) is 0. The number of terminal acetylenes is 1. The quantitative estimate of drug-likeness (QED) is 0.511. The highest BCUT2D eigenvalue weighted by Gasteiger charge is 1.76. The Morgan fingerprint density at radius 2 is 1.64 bits per heavy atom. The van der Waals surface area contributed by atoms with E-state index >= 15 is 0 Å². The molecule has 1 aromatic carbocycles. The van der Waals surface area contributed by atoms with Crippen LogP contribution in [-0.4, -0.2) is 14.2 Å². The van der Waals surface area contributed by atoms with Crippen molar-refractivity contribution in [2.75, 3.05) is 14.2 Å². The van der Waals surface area contributed by atoms with Gasteiger partial charge in [0.15, 0.2) is 0 Å². The second-order valence-corrected chi connectivity index (χ2v) is 1.92. The molecular formula is C10H12O. The number of methoxy groups -OCH3 is 1. The van der Waals surface area contributed by atoms with Crippen molar-refractivity contribution in [1.82, 2.24) is 0 Å². The first kappa shape index (κ1) is 9.74. The summed E-state index contributed by atoms with van der Waals surface area (Å²) in [7, 11) is 3.25. The van der Waals surface area contributed by atoms with Gasteiger partial charge >= 0.3 is 0 Å². The lowest BCUT2D eigenvalue weighted by molar-refractivity contribution is 0.277. The van der Waals surface area contributed by atoms with Gasteiger partial charge in [-0.1, -0.05) is 24.1 Å². The Morgan fingerprint density at radius 1 is 1.18 bits per heavy atom. The standard InChI is InChI=1S/C8H6.C2H6O/c1-2-8-6-4-3-5-7-8;1-3-2/h1,3-7H;1-2H3. The lowest BCUT2D eigenvalue weighted by Gasteiger charge is -1.82. The molecular weight excluding hydrogens is 136 g/mol. The number of benzene rings is 1. The van der Waals surface area contributed by atoms with Gasteiger partial charge in [-0.3, -0.25) is 0 Å². The van der Waals surface area contributed by atoms with Crippen LogP contribution in [0, 0.1) is 12.3 Å². The highest BCUT2D eigenvalue weighted by atomic mass is 16.4. The molecule has 0 atom stereocenters. The van der Waals surface area contributed by atoms with Crippen molar-refractivity contribution in [3.63, 3.8) is 0 Å². The summed E-state index contributed by atoms with van der Waals surface area (Å²) in [6, 6.07) is 9.60. The van der Waals surface area contributed by atoms with Gasteiger partial charge < -0.3 is 4.74 Å². The third kappa shape index (κ3) is 5.20. The number of hydrogen-bond acceptors (Lipinski definition) is 1. The molecule has 58 valence electrons. The van der Waals surface area contributed by atoms with E-state index < -0.39 is 0 Å². The van der Waals surface area contributed by atoms with Crippen molar-refractivity contribution in [2.45, 2.75) is 0 Å². The van der Waals surface area contributed by atoms with Crippen LogP contribution in [0.2, 0.25) is 0 Å². The topological polar surface area (TPSA) is 9.23 Å². The number of rotatable bonds is 0. The van der Waals surface area contributed by atoms with Gasteiger partial charge in [0, 0.05) is 19.8 Å². The minimum atomic E-state index is 0.938. The van der Waals surface area contributed by atoms with Crippen molar-refractivity contribution in [3.8, 4) is 12.3 Å². The summed E-state index contributed by atoms with van der Waals surface area (Å²) in [4.78, 5) is 0. The molecule has 0 spiro atoms. The van der Waals surface area contributed by atoms with Crippen LogP contribution in [0.5, 0.6) is 0 Å². The van der Waals surface area contributed by atoms with Gasteiger partial charge in [0.25, 0.3) is 0 Å². The highest BCUT2D eigenvalue weighted by Crippen LogP contribution is 1.92. The maximum atomic E-state index is 5.10. The van der Waals surface area contributed by atoms with Gasteiger partial charge in [0.1, 0.15) is 0 Å². The Hall–Kier alpha value is -1.26. The molecule has 11 heavy (non-hydrogen) atoms. The second-order valence-electron chi connectivity index (χ2n) is 1.92. The molecule has 0 bridgehead atoms. The zero-order chi connectivity index (χ0) is 8.53. The lowest BCUT2D eigenvalue weighted by Crippen LogP contribution is -1.66. The summed E-state index contributed by atoms with van der Waals surface area (Å²) in [6.07, 6.45) is 5.10. The molecule has 0 saturated carbocycles. The van der Waals surface area contributed by atoms with E-state index in [1.54, 1.807) is 14.2 Å². The number of hydrogen-bond donors (Lipinski definition) is 0. The van der Waals surface area contributed by atoms with Crippen LogP contribution in [-0.2, 0) is 4.74 Å². The summed E-state index contributed by atoms with van der Waals surface area (Å²) in [6.45, 7) is 0. The minimum absolute atomic E-state index is 0.938. The first-order valence-corrected chi connectivity index (χ1v) is 3.27. The van der Waals surface area contributed by atoms with E-state index in [1.807, 2.05) is 30.3 Å². The predicted octanol–water partition coefficient (Wildman–Crippen LogP) is 1.93. The molecule has 0 saturated heterocycles. The van der Waals surface area contributed by atoms with Gasteiger partial charge in [0.05, 0.1) is 0 Å². The fourth-order valence-corrected chi connectivity index (χ4v) is 0.534. The fourth-order valence-electron chi connectivity index (χ4n) is 0.534. The smallest absolute Gasteiger partial charge is 0.0351 e. The molecule has 0 amide bonds. The SMILES string of the molecule is C#Cc1ccccc1.COC. The Labute approximate surface area is 68.0 Å². The molecule has 1 rings (SSSR count). The van der Waals surface area contributed by atoms with Gasteiger partial charge in [-0.2, -0.15) is 0 Å². The summed E-state index contributed by atoms with van der Waals surface area (Å²) < 4.78 is 4.25. The van der Waals surface area contributed by atoms with Gasteiger partial charge in [-0.25, -0.2) is 0 Å². The normalized spacial score (nSPS) is 7.36.